The Kier molecular flexibility index (Phi) is 5.38. The molecule has 0 aliphatic carbocycles. The van der Waals surface area contributed by atoms with Crippen LogP contribution in [0, 0.1) is 11.8 Å². The van der Waals surface area contributed by atoms with Gasteiger partial charge in [-0.25, -0.2) is 0 Å². The van der Waals surface area contributed by atoms with Gasteiger partial charge in [-0.3, -0.25) is 9.59 Å². The number of carboxylic acids is 2. The summed E-state index contributed by atoms with van der Waals surface area (Å²) in [6, 6.07) is 0. The highest BCUT2D eigenvalue weighted by atomic mass is 35.5. The standard InChI is InChI=1S/C9H14Cl2O4/c1-3-5(7(12)13)9(10,11)6(4-2)8(14)15/h5-6H,3-4H2,1-2H3,(H,12,13)(H,14,15). The molecule has 0 heterocycles. The van der Waals surface area contributed by atoms with E-state index in [-0.39, 0.29) is 12.8 Å². The van der Waals surface area contributed by atoms with Crippen LogP contribution in [0.4, 0.5) is 0 Å². The molecule has 0 saturated carbocycles. The van der Waals surface area contributed by atoms with Gasteiger partial charge in [0.05, 0.1) is 11.8 Å². The van der Waals surface area contributed by atoms with E-state index in [0.717, 1.165) is 0 Å². The Balaban J connectivity index is 5.05. The van der Waals surface area contributed by atoms with Gasteiger partial charge < -0.3 is 10.2 Å². The van der Waals surface area contributed by atoms with Gasteiger partial charge in [0.15, 0.2) is 0 Å². The van der Waals surface area contributed by atoms with Crippen LogP contribution in [0.1, 0.15) is 26.7 Å². The van der Waals surface area contributed by atoms with Crippen LogP contribution in [0.5, 0.6) is 0 Å². The molecule has 0 saturated heterocycles. The van der Waals surface area contributed by atoms with Crippen molar-refractivity contribution in [3.63, 3.8) is 0 Å². The number of hydrogen-bond donors (Lipinski definition) is 2. The molecule has 2 atom stereocenters. The van der Waals surface area contributed by atoms with E-state index in [1.54, 1.807) is 13.8 Å². The fourth-order valence-electron chi connectivity index (χ4n) is 1.47. The summed E-state index contributed by atoms with van der Waals surface area (Å²) in [5, 5.41) is 17.7. The third-order valence-electron chi connectivity index (χ3n) is 2.34. The Morgan fingerprint density at radius 1 is 1.07 bits per heavy atom. The van der Waals surface area contributed by atoms with E-state index in [1.807, 2.05) is 0 Å². The van der Waals surface area contributed by atoms with Crippen molar-refractivity contribution >= 4 is 35.1 Å². The van der Waals surface area contributed by atoms with E-state index in [2.05, 4.69) is 0 Å². The monoisotopic (exact) mass is 256 g/mol. The molecule has 0 bridgehead atoms. The minimum Gasteiger partial charge on any atom is -0.481 e. The van der Waals surface area contributed by atoms with Crippen molar-refractivity contribution < 1.29 is 19.8 Å². The van der Waals surface area contributed by atoms with Crippen LogP contribution in [0.3, 0.4) is 0 Å². The van der Waals surface area contributed by atoms with E-state index in [4.69, 9.17) is 33.4 Å². The summed E-state index contributed by atoms with van der Waals surface area (Å²) in [4.78, 5) is 21.7. The lowest BCUT2D eigenvalue weighted by Gasteiger charge is -2.30. The Hall–Kier alpha value is -0.480. The van der Waals surface area contributed by atoms with Crippen LogP contribution >= 0.6 is 23.2 Å². The van der Waals surface area contributed by atoms with Gasteiger partial charge in [-0.15, -0.1) is 0 Å². The summed E-state index contributed by atoms with van der Waals surface area (Å²) in [6.45, 7) is 3.21. The summed E-state index contributed by atoms with van der Waals surface area (Å²) in [7, 11) is 0. The molecule has 4 nitrogen and oxygen atoms in total. The molecule has 0 aromatic carbocycles. The Morgan fingerprint density at radius 3 is 1.47 bits per heavy atom. The smallest absolute Gasteiger partial charge is 0.309 e. The lowest BCUT2D eigenvalue weighted by Crippen LogP contribution is -2.42. The lowest BCUT2D eigenvalue weighted by atomic mass is 9.89. The Labute approximate surface area is 98.2 Å². The van der Waals surface area contributed by atoms with Crippen LogP contribution in [-0.4, -0.2) is 26.5 Å². The average molecular weight is 257 g/mol. The normalized spacial score (nSPS) is 15.7. The number of hydrogen-bond acceptors (Lipinski definition) is 2. The fourth-order valence-corrected chi connectivity index (χ4v) is 2.46. The van der Waals surface area contributed by atoms with Crippen molar-refractivity contribution in [2.45, 2.75) is 31.0 Å². The predicted octanol–water partition coefficient (Wildman–Crippen LogP) is 2.38. The fraction of sp³-hybridized carbons (Fsp3) is 0.778. The molecule has 0 amide bonds. The summed E-state index contributed by atoms with van der Waals surface area (Å²) in [5.41, 5.74) is 0. The van der Waals surface area contributed by atoms with E-state index >= 15 is 0 Å². The lowest BCUT2D eigenvalue weighted by molar-refractivity contribution is -0.146. The first-order valence-corrected chi connectivity index (χ1v) is 5.37. The first-order valence-electron chi connectivity index (χ1n) is 4.62. The first-order chi connectivity index (χ1) is 6.78. The molecule has 0 aliphatic heterocycles. The molecule has 0 aromatic rings. The number of halogens is 2. The minimum atomic E-state index is -1.78. The van der Waals surface area contributed by atoms with Crippen molar-refractivity contribution in [1.29, 1.82) is 0 Å². The second kappa shape index (κ2) is 5.56. The van der Waals surface area contributed by atoms with Gasteiger partial charge in [0, 0.05) is 0 Å². The SMILES string of the molecule is CCC(C(=O)O)C(Cl)(Cl)C(CC)C(=O)O. The highest BCUT2D eigenvalue weighted by molar-refractivity contribution is 6.50. The van der Waals surface area contributed by atoms with Crippen LogP contribution in [-0.2, 0) is 9.59 Å². The molecular weight excluding hydrogens is 243 g/mol. The third kappa shape index (κ3) is 3.24. The number of carboxylic acid groups (broad SMARTS) is 2. The summed E-state index contributed by atoms with van der Waals surface area (Å²) >= 11 is 11.7. The molecule has 15 heavy (non-hydrogen) atoms. The third-order valence-corrected chi connectivity index (χ3v) is 3.40. The minimum absolute atomic E-state index is 0.187. The second-order valence-corrected chi connectivity index (χ2v) is 4.72. The molecule has 0 radical (unpaired) electrons. The molecule has 0 rings (SSSR count). The van der Waals surface area contributed by atoms with Crippen LogP contribution in [0.25, 0.3) is 0 Å². The zero-order valence-electron chi connectivity index (χ0n) is 8.54. The molecule has 88 valence electrons. The molecule has 0 aliphatic rings. The maximum Gasteiger partial charge on any atom is 0.309 e. The number of alkyl halides is 2. The number of rotatable bonds is 6. The van der Waals surface area contributed by atoms with Gasteiger partial charge in [0.1, 0.15) is 4.33 Å². The topological polar surface area (TPSA) is 74.6 Å². The molecule has 2 unspecified atom stereocenters. The van der Waals surface area contributed by atoms with Gasteiger partial charge >= 0.3 is 11.9 Å². The highest BCUT2D eigenvalue weighted by Crippen LogP contribution is 2.41. The zero-order chi connectivity index (χ0) is 12.2. The second-order valence-electron chi connectivity index (χ2n) is 3.27. The van der Waals surface area contributed by atoms with Crippen molar-refractivity contribution in [3.05, 3.63) is 0 Å². The number of aliphatic carboxylic acids is 2. The van der Waals surface area contributed by atoms with Crippen LogP contribution < -0.4 is 0 Å². The molecule has 0 aromatic heterocycles. The molecule has 6 heteroatoms. The van der Waals surface area contributed by atoms with Crippen LogP contribution in [0.2, 0.25) is 0 Å². The van der Waals surface area contributed by atoms with E-state index in [1.165, 1.54) is 0 Å². The summed E-state index contributed by atoms with van der Waals surface area (Å²) < 4.78 is -1.78. The van der Waals surface area contributed by atoms with Crippen molar-refractivity contribution in [2.75, 3.05) is 0 Å². The zero-order valence-corrected chi connectivity index (χ0v) is 10.0. The van der Waals surface area contributed by atoms with Crippen LogP contribution in [0.15, 0.2) is 0 Å². The van der Waals surface area contributed by atoms with E-state index in [9.17, 15) is 9.59 Å². The van der Waals surface area contributed by atoms with Crippen molar-refractivity contribution in [2.24, 2.45) is 11.8 Å². The van der Waals surface area contributed by atoms with Crippen molar-refractivity contribution in [1.82, 2.24) is 0 Å². The maximum absolute atomic E-state index is 10.9. The molecule has 0 fully saturated rings. The molecule has 0 spiro atoms. The highest BCUT2D eigenvalue weighted by Gasteiger charge is 2.48. The van der Waals surface area contributed by atoms with Gasteiger partial charge in [-0.05, 0) is 12.8 Å². The predicted molar refractivity (Wildman–Crippen MR) is 57.3 cm³/mol. The number of carbonyl (C=O) groups is 2. The van der Waals surface area contributed by atoms with Gasteiger partial charge in [0.25, 0.3) is 0 Å². The maximum atomic E-state index is 10.9. The molecule has 2 N–H and O–H groups in total. The Bertz CT molecular complexity index is 228. The van der Waals surface area contributed by atoms with Gasteiger partial charge in [0.2, 0.25) is 0 Å². The summed E-state index contributed by atoms with van der Waals surface area (Å²) in [6.07, 6.45) is 0.373. The largest absolute Gasteiger partial charge is 0.481 e. The van der Waals surface area contributed by atoms with E-state index < -0.39 is 28.1 Å². The quantitative estimate of drug-likeness (QED) is 0.716. The van der Waals surface area contributed by atoms with Gasteiger partial charge in [-0.1, -0.05) is 37.0 Å². The molecular formula is C9H14Cl2O4. The average Bonchev–Trinajstić information content (AvgIpc) is 2.02. The van der Waals surface area contributed by atoms with Crippen molar-refractivity contribution in [3.8, 4) is 0 Å². The first kappa shape index (κ1) is 14.5. The Morgan fingerprint density at radius 2 is 1.33 bits per heavy atom. The summed E-state index contributed by atoms with van der Waals surface area (Å²) in [5.74, 6) is -4.52. The van der Waals surface area contributed by atoms with Gasteiger partial charge in [-0.2, -0.15) is 0 Å². The van der Waals surface area contributed by atoms with E-state index in [0.29, 0.717) is 0 Å².